The Bertz CT molecular complexity index is 680. The summed E-state index contributed by atoms with van der Waals surface area (Å²) in [5.41, 5.74) is 5.46. The minimum Gasteiger partial charge on any atom is -0.430 e. The first kappa shape index (κ1) is 15.1. The molecule has 110 valence electrons. The van der Waals surface area contributed by atoms with Crippen molar-refractivity contribution < 1.29 is 14.4 Å². The van der Waals surface area contributed by atoms with E-state index in [0.29, 0.717) is 10.3 Å². The molecule has 0 aliphatic carbocycles. The Morgan fingerprint density at radius 2 is 2.19 bits per heavy atom. The van der Waals surface area contributed by atoms with Crippen LogP contribution in [0.3, 0.4) is 0 Å². The van der Waals surface area contributed by atoms with Crippen LogP contribution < -0.4 is 10.5 Å². The van der Waals surface area contributed by atoms with E-state index >= 15 is 0 Å². The van der Waals surface area contributed by atoms with E-state index in [1.54, 1.807) is 12.1 Å². The molecule has 1 heterocycles. The molecule has 1 aromatic carbocycles. The van der Waals surface area contributed by atoms with Crippen LogP contribution in [-0.2, 0) is 11.3 Å². The van der Waals surface area contributed by atoms with Gasteiger partial charge in [-0.05, 0) is 22.0 Å². The van der Waals surface area contributed by atoms with E-state index in [1.165, 1.54) is 19.2 Å². The highest BCUT2D eigenvalue weighted by Gasteiger charge is 2.19. The van der Waals surface area contributed by atoms with Crippen LogP contribution in [0, 0.1) is 10.1 Å². The highest BCUT2D eigenvalue weighted by Crippen LogP contribution is 2.37. The number of nitro groups is 1. The lowest BCUT2D eigenvalue weighted by molar-refractivity contribution is -0.385. The van der Waals surface area contributed by atoms with Crippen LogP contribution in [0.1, 0.15) is 5.82 Å². The SMILES string of the molecule is COCc1nc(N)cc(Oc2c(Br)cccc2[N+](=O)[O-])n1. The van der Waals surface area contributed by atoms with Gasteiger partial charge in [0.1, 0.15) is 12.4 Å². The van der Waals surface area contributed by atoms with Gasteiger partial charge in [0, 0.05) is 19.2 Å². The average Bonchev–Trinajstić information content (AvgIpc) is 2.40. The summed E-state index contributed by atoms with van der Waals surface area (Å²) >= 11 is 3.21. The lowest BCUT2D eigenvalue weighted by Crippen LogP contribution is -2.03. The molecule has 9 heteroatoms. The molecule has 0 bridgehead atoms. The molecule has 0 atom stereocenters. The van der Waals surface area contributed by atoms with Crippen molar-refractivity contribution in [2.75, 3.05) is 12.8 Å². The Labute approximate surface area is 128 Å². The molecule has 0 aliphatic heterocycles. The topological polar surface area (TPSA) is 113 Å². The van der Waals surface area contributed by atoms with Crippen LogP contribution in [0.25, 0.3) is 0 Å². The monoisotopic (exact) mass is 354 g/mol. The summed E-state index contributed by atoms with van der Waals surface area (Å²) in [5.74, 6) is 0.650. The minimum atomic E-state index is -0.541. The van der Waals surface area contributed by atoms with E-state index in [4.69, 9.17) is 15.2 Å². The normalized spacial score (nSPS) is 10.4. The predicted octanol–water partition coefficient (Wildman–Crippen LogP) is 2.67. The van der Waals surface area contributed by atoms with Gasteiger partial charge in [0.05, 0.1) is 9.40 Å². The third kappa shape index (κ3) is 3.64. The van der Waals surface area contributed by atoms with Crippen LogP contribution in [0.15, 0.2) is 28.7 Å². The molecule has 0 amide bonds. The minimum absolute atomic E-state index is 0.0453. The fourth-order valence-corrected chi connectivity index (χ4v) is 2.02. The van der Waals surface area contributed by atoms with Gasteiger partial charge < -0.3 is 15.2 Å². The zero-order chi connectivity index (χ0) is 15.4. The zero-order valence-corrected chi connectivity index (χ0v) is 12.5. The van der Waals surface area contributed by atoms with Crippen molar-refractivity contribution >= 4 is 27.4 Å². The molecule has 0 fully saturated rings. The van der Waals surface area contributed by atoms with E-state index in [-0.39, 0.29) is 29.7 Å². The number of halogens is 1. The molecular formula is C12H11BrN4O4. The molecule has 0 unspecified atom stereocenters. The standard InChI is InChI=1S/C12H11BrN4O4/c1-20-6-10-15-9(14)5-11(16-10)21-12-7(13)3-2-4-8(12)17(18)19/h2-5H,6H2,1H3,(H2,14,15,16). The number of rotatable bonds is 5. The summed E-state index contributed by atoms with van der Waals surface area (Å²) in [6.07, 6.45) is 0. The Balaban J connectivity index is 2.40. The van der Waals surface area contributed by atoms with E-state index in [2.05, 4.69) is 25.9 Å². The molecule has 0 spiro atoms. The molecule has 8 nitrogen and oxygen atoms in total. The highest BCUT2D eigenvalue weighted by molar-refractivity contribution is 9.10. The predicted molar refractivity (Wildman–Crippen MR) is 78.0 cm³/mol. The second kappa shape index (κ2) is 6.46. The first-order valence-electron chi connectivity index (χ1n) is 5.74. The van der Waals surface area contributed by atoms with Gasteiger partial charge in [0.15, 0.2) is 5.82 Å². The van der Waals surface area contributed by atoms with Crippen molar-refractivity contribution in [3.63, 3.8) is 0 Å². The molecule has 2 aromatic rings. The third-order valence-corrected chi connectivity index (χ3v) is 3.02. The molecule has 1 aromatic heterocycles. The van der Waals surface area contributed by atoms with Crippen molar-refractivity contribution in [3.8, 4) is 11.6 Å². The Morgan fingerprint density at radius 3 is 2.86 bits per heavy atom. The number of nitrogens with two attached hydrogens (primary N) is 1. The number of ether oxygens (including phenoxy) is 2. The molecule has 0 saturated carbocycles. The molecule has 0 radical (unpaired) electrons. The van der Waals surface area contributed by atoms with Crippen molar-refractivity contribution in [3.05, 3.63) is 44.7 Å². The summed E-state index contributed by atoms with van der Waals surface area (Å²) in [6.45, 7) is 0.152. The summed E-state index contributed by atoms with van der Waals surface area (Å²) in [6, 6.07) is 5.88. The molecule has 0 aliphatic rings. The first-order chi connectivity index (χ1) is 10.0. The lowest BCUT2D eigenvalue weighted by atomic mass is 10.3. The van der Waals surface area contributed by atoms with Gasteiger partial charge in [-0.2, -0.15) is 4.98 Å². The van der Waals surface area contributed by atoms with Gasteiger partial charge in [-0.3, -0.25) is 10.1 Å². The number of nitrogen functional groups attached to an aromatic ring is 1. The van der Waals surface area contributed by atoms with Gasteiger partial charge in [-0.25, -0.2) is 4.98 Å². The molecule has 2 N–H and O–H groups in total. The number of benzene rings is 1. The lowest BCUT2D eigenvalue weighted by Gasteiger charge is -2.09. The average molecular weight is 355 g/mol. The Kier molecular flexibility index (Phi) is 4.66. The molecule has 2 rings (SSSR count). The summed E-state index contributed by atoms with van der Waals surface area (Å²) in [7, 11) is 1.49. The zero-order valence-electron chi connectivity index (χ0n) is 10.9. The van der Waals surface area contributed by atoms with Crippen molar-refractivity contribution in [1.82, 2.24) is 9.97 Å². The van der Waals surface area contributed by atoms with Gasteiger partial charge in [0.2, 0.25) is 11.6 Å². The Morgan fingerprint density at radius 1 is 1.43 bits per heavy atom. The number of anilines is 1. The maximum absolute atomic E-state index is 11.0. The summed E-state index contributed by atoms with van der Waals surface area (Å²) < 4.78 is 10.8. The second-order valence-electron chi connectivity index (χ2n) is 3.93. The van der Waals surface area contributed by atoms with Gasteiger partial charge >= 0.3 is 5.69 Å². The van der Waals surface area contributed by atoms with Crippen LogP contribution in [0.2, 0.25) is 0 Å². The molecule has 21 heavy (non-hydrogen) atoms. The van der Waals surface area contributed by atoms with Gasteiger partial charge in [0.25, 0.3) is 0 Å². The smallest absolute Gasteiger partial charge is 0.312 e. The number of methoxy groups -OCH3 is 1. The van der Waals surface area contributed by atoms with Crippen LogP contribution in [0.5, 0.6) is 11.6 Å². The van der Waals surface area contributed by atoms with Crippen molar-refractivity contribution in [2.24, 2.45) is 0 Å². The van der Waals surface area contributed by atoms with E-state index in [1.807, 2.05) is 0 Å². The number of para-hydroxylation sites is 1. The summed E-state index contributed by atoms with van der Waals surface area (Å²) in [4.78, 5) is 18.5. The maximum Gasteiger partial charge on any atom is 0.312 e. The van der Waals surface area contributed by atoms with Gasteiger partial charge in [-0.15, -0.1) is 0 Å². The van der Waals surface area contributed by atoms with Crippen LogP contribution >= 0.6 is 15.9 Å². The fraction of sp³-hybridized carbons (Fsp3) is 0.167. The quantitative estimate of drug-likeness (QED) is 0.648. The van der Waals surface area contributed by atoms with Gasteiger partial charge in [-0.1, -0.05) is 6.07 Å². The van der Waals surface area contributed by atoms with E-state index < -0.39 is 4.92 Å². The van der Waals surface area contributed by atoms with E-state index in [0.717, 1.165) is 0 Å². The molecule has 0 saturated heterocycles. The summed E-state index contributed by atoms with van der Waals surface area (Å²) in [5, 5.41) is 11.0. The van der Waals surface area contributed by atoms with Crippen LogP contribution in [0.4, 0.5) is 11.5 Å². The number of nitrogens with zero attached hydrogens (tertiary/aromatic N) is 3. The fourth-order valence-electron chi connectivity index (χ4n) is 1.59. The number of aromatic nitrogens is 2. The largest absolute Gasteiger partial charge is 0.430 e. The van der Waals surface area contributed by atoms with Crippen LogP contribution in [-0.4, -0.2) is 22.0 Å². The number of hydrogen-bond acceptors (Lipinski definition) is 7. The number of hydrogen-bond donors (Lipinski definition) is 1. The van der Waals surface area contributed by atoms with E-state index in [9.17, 15) is 10.1 Å². The molecular weight excluding hydrogens is 344 g/mol. The Hall–Kier alpha value is -2.26. The van der Waals surface area contributed by atoms with Crippen molar-refractivity contribution in [1.29, 1.82) is 0 Å². The van der Waals surface area contributed by atoms with Crippen molar-refractivity contribution in [2.45, 2.75) is 6.61 Å². The maximum atomic E-state index is 11.0. The highest BCUT2D eigenvalue weighted by atomic mass is 79.9. The first-order valence-corrected chi connectivity index (χ1v) is 6.53. The second-order valence-corrected chi connectivity index (χ2v) is 4.78. The third-order valence-electron chi connectivity index (χ3n) is 2.39. The number of nitro benzene ring substituents is 1.